The number of carbonyl (C=O) groups is 3. The van der Waals surface area contributed by atoms with Gasteiger partial charge in [0, 0.05) is 18.8 Å². The van der Waals surface area contributed by atoms with Crippen LogP contribution in [-0.2, 0) is 9.59 Å². The third-order valence-electron chi connectivity index (χ3n) is 4.19. The summed E-state index contributed by atoms with van der Waals surface area (Å²) >= 11 is 5.23. The summed E-state index contributed by atoms with van der Waals surface area (Å²) in [6, 6.07) is 9.00. The maximum Gasteiger partial charge on any atom is 0.305 e. The standard InChI is InChI=1S/C19H20N4O5S/c1-3-27-13-7-4-6-12(10-13)20-16(24)11-14-18(26)22(2)19(29)23(14)21-17(25)15-8-5-9-28-15/h4-10,14H,3,11H2,1-2H3,(H,20,24)(H,21,25). The molecule has 2 heterocycles. The monoisotopic (exact) mass is 416 g/mol. The highest BCUT2D eigenvalue weighted by molar-refractivity contribution is 7.80. The molecule has 0 radical (unpaired) electrons. The SMILES string of the molecule is CCOc1cccc(NC(=O)CC2C(=O)N(C)C(=S)N2NC(=O)c2ccco2)c1. The number of anilines is 1. The van der Waals surface area contributed by atoms with E-state index in [1.165, 1.54) is 29.3 Å². The van der Waals surface area contributed by atoms with Gasteiger partial charge in [0.15, 0.2) is 10.9 Å². The molecule has 10 heteroatoms. The van der Waals surface area contributed by atoms with E-state index in [0.29, 0.717) is 18.0 Å². The molecule has 152 valence electrons. The van der Waals surface area contributed by atoms with Gasteiger partial charge in [0.2, 0.25) is 5.91 Å². The maximum atomic E-state index is 12.5. The first-order valence-corrected chi connectivity index (χ1v) is 9.29. The average Bonchev–Trinajstić information content (AvgIpc) is 3.29. The second-order valence-corrected chi connectivity index (χ2v) is 6.56. The number of hydrogen-bond donors (Lipinski definition) is 2. The summed E-state index contributed by atoms with van der Waals surface area (Å²) in [5.74, 6) is -0.697. The van der Waals surface area contributed by atoms with Crippen LogP contribution in [0.5, 0.6) is 5.75 Å². The van der Waals surface area contributed by atoms with E-state index in [1.807, 2.05) is 6.92 Å². The smallest absolute Gasteiger partial charge is 0.305 e. The highest BCUT2D eigenvalue weighted by Gasteiger charge is 2.43. The van der Waals surface area contributed by atoms with Crippen molar-refractivity contribution in [2.75, 3.05) is 19.0 Å². The second-order valence-electron chi connectivity index (χ2n) is 6.20. The molecule has 1 fully saturated rings. The van der Waals surface area contributed by atoms with E-state index in [0.717, 1.165) is 0 Å². The first-order chi connectivity index (χ1) is 13.9. The number of thiocarbonyl (C=S) groups is 1. The fourth-order valence-electron chi connectivity index (χ4n) is 2.82. The summed E-state index contributed by atoms with van der Waals surface area (Å²) in [6.45, 7) is 2.37. The number of rotatable bonds is 7. The second kappa shape index (κ2) is 8.74. The minimum absolute atomic E-state index is 0.0609. The van der Waals surface area contributed by atoms with Gasteiger partial charge in [-0.2, -0.15) is 0 Å². The normalized spacial score (nSPS) is 16.1. The molecule has 1 atom stereocenters. The lowest BCUT2D eigenvalue weighted by atomic mass is 10.2. The van der Waals surface area contributed by atoms with E-state index < -0.39 is 23.8 Å². The largest absolute Gasteiger partial charge is 0.494 e. The highest BCUT2D eigenvalue weighted by Crippen LogP contribution is 2.21. The molecule has 0 saturated carbocycles. The van der Waals surface area contributed by atoms with Gasteiger partial charge in [-0.3, -0.25) is 24.7 Å². The maximum absolute atomic E-state index is 12.5. The molecule has 1 aliphatic heterocycles. The Balaban J connectivity index is 1.70. The molecule has 1 unspecified atom stereocenters. The Kier molecular flexibility index (Phi) is 6.13. The van der Waals surface area contributed by atoms with Gasteiger partial charge in [-0.1, -0.05) is 6.07 Å². The van der Waals surface area contributed by atoms with Crippen LogP contribution in [-0.4, -0.2) is 52.4 Å². The summed E-state index contributed by atoms with van der Waals surface area (Å²) < 4.78 is 10.5. The van der Waals surface area contributed by atoms with Gasteiger partial charge in [-0.15, -0.1) is 0 Å². The number of carbonyl (C=O) groups excluding carboxylic acids is 3. The lowest BCUT2D eigenvalue weighted by Crippen LogP contribution is -2.49. The minimum Gasteiger partial charge on any atom is -0.494 e. The molecular formula is C19H20N4O5S. The Labute approximate surface area is 172 Å². The van der Waals surface area contributed by atoms with Crippen molar-refractivity contribution in [2.24, 2.45) is 0 Å². The van der Waals surface area contributed by atoms with Crippen molar-refractivity contribution in [3.8, 4) is 5.75 Å². The van der Waals surface area contributed by atoms with Crippen LogP contribution in [0.15, 0.2) is 47.1 Å². The van der Waals surface area contributed by atoms with Gasteiger partial charge in [0.25, 0.3) is 5.91 Å². The van der Waals surface area contributed by atoms with Crippen molar-refractivity contribution < 1.29 is 23.5 Å². The molecular weight excluding hydrogens is 396 g/mol. The predicted octanol–water partition coefficient (Wildman–Crippen LogP) is 1.78. The lowest BCUT2D eigenvalue weighted by molar-refractivity contribution is -0.130. The van der Waals surface area contributed by atoms with Crippen LogP contribution in [0.2, 0.25) is 0 Å². The molecule has 1 saturated heterocycles. The summed E-state index contributed by atoms with van der Waals surface area (Å²) in [7, 11) is 1.49. The molecule has 1 aromatic carbocycles. The Morgan fingerprint density at radius 1 is 1.28 bits per heavy atom. The zero-order valence-electron chi connectivity index (χ0n) is 15.9. The molecule has 9 nitrogen and oxygen atoms in total. The molecule has 29 heavy (non-hydrogen) atoms. The summed E-state index contributed by atoms with van der Waals surface area (Å²) in [6.07, 6.45) is 1.15. The van der Waals surface area contributed by atoms with Crippen LogP contribution in [0, 0.1) is 0 Å². The van der Waals surface area contributed by atoms with Crippen molar-refractivity contribution in [2.45, 2.75) is 19.4 Å². The Hall–Kier alpha value is -3.40. The zero-order chi connectivity index (χ0) is 21.0. The Morgan fingerprint density at radius 3 is 2.76 bits per heavy atom. The topological polar surface area (TPSA) is 104 Å². The minimum atomic E-state index is -0.971. The molecule has 0 aliphatic carbocycles. The Bertz CT molecular complexity index is 930. The number of hydrazine groups is 1. The summed E-state index contributed by atoms with van der Waals surface area (Å²) in [5.41, 5.74) is 3.07. The fourth-order valence-corrected chi connectivity index (χ4v) is 3.08. The summed E-state index contributed by atoms with van der Waals surface area (Å²) in [4.78, 5) is 38.6. The molecule has 1 aliphatic rings. The van der Waals surface area contributed by atoms with Crippen molar-refractivity contribution in [1.82, 2.24) is 15.3 Å². The van der Waals surface area contributed by atoms with Crippen LogP contribution in [0.3, 0.4) is 0 Å². The van der Waals surface area contributed by atoms with Crippen LogP contribution < -0.4 is 15.5 Å². The van der Waals surface area contributed by atoms with Gasteiger partial charge in [0.1, 0.15) is 11.8 Å². The van der Waals surface area contributed by atoms with Crippen molar-refractivity contribution in [3.63, 3.8) is 0 Å². The van der Waals surface area contributed by atoms with Gasteiger partial charge >= 0.3 is 5.91 Å². The number of likely N-dealkylation sites (N-methyl/N-ethyl adjacent to an activating group) is 1. The third-order valence-corrected chi connectivity index (χ3v) is 4.67. The number of benzene rings is 1. The molecule has 1 aromatic heterocycles. The van der Waals surface area contributed by atoms with Crippen molar-refractivity contribution in [1.29, 1.82) is 0 Å². The molecule has 3 rings (SSSR count). The zero-order valence-corrected chi connectivity index (χ0v) is 16.7. The van der Waals surface area contributed by atoms with Crippen LogP contribution in [0.25, 0.3) is 0 Å². The van der Waals surface area contributed by atoms with E-state index in [-0.39, 0.29) is 17.3 Å². The lowest BCUT2D eigenvalue weighted by Gasteiger charge is -2.23. The van der Waals surface area contributed by atoms with Gasteiger partial charge in [0.05, 0.1) is 19.3 Å². The first-order valence-electron chi connectivity index (χ1n) is 8.88. The number of ether oxygens (including phenoxy) is 1. The molecule has 0 bridgehead atoms. The van der Waals surface area contributed by atoms with Crippen LogP contribution in [0.1, 0.15) is 23.9 Å². The third kappa shape index (κ3) is 4.54. The Morgan fingerprint density at radius 2 is 2.07 bits per heavy atom. The van der Waals surface area contributed by atoms with Gasteiger partial charge in [-0.25, -0.2) is 5.01 Å². The van der Waals surface area contributed by atoms with Crippen LogP contribution in [0.4, 0.5) is 5.69 Å². The fraction of sp³-hybridized carbons (Fsp3) is 0.263. The molecule has 2 aromatic rings. The van der Waals surface area contributed by atoms with Gasteiger partial charge in [-0.05, 0) is 43.4 Å². The first kappa shape index (κ1) is 20.3. The molecule has 2 N–H and O–H groups in total. The molecule has 0 spiro atoms. The van der Waals surface area contributed by atoms with E-state index in [4.69, 9.17) is 21.4 Å². The quantitative estimate of drug-likeness (QED) is 0.663. The average molecular weight is 416 g/mol. The van der Waals surface area contributed by atoms with Crippen molar-refractivity contribution >= 4 is 40.7 Å². The van der Waals surface area contributed by atoms with E-state index >= 15 is 0 Å². The number of nitrogens with zero attached hydrogens (tertiary/aromatic N) is 2. The predicted molar refractivity (Wildman–Crippen MR) is 108 cm³/mol. The highest BCUT2D eigenvalue weighted by atomic mass is 32.1. The van der Waals surface area contributed by atoms with E-state index in [9.17, 15) is 14.4 Å². The number of furan rings is 1. The summed E-state index contributed by atoms with van der Waals surface area (Å²) in [5, 5.41) is 4.02. The number of hydrogen-bond acceptors (Lipinski definition) is 6. The van der Waals surface area contributed by atoms with E-state index in [2.05, 4.69) is 10.7 Å². The number of amides is 3. The van der Waals surface area contributed by atoms with Crippen molar-refractivity contribution in [3.05, 3.63) is 48.4 Å². The van der Waals surface area contributed by atoms with Gasteiger partial charge < -0.3 is 14.5 Å². The van der Waals surface area contributed by atoms with Crippen LogP contribution >= 0.6 is 12.2 Å². The van der Waals surface area contributed by atoms with E-state index in [1.54, 1.807) is 30.3 Å². The molecule has 3 amide bonds. The number of nitrogens with one attached hydrogen (secondary N) is 2.